The molecule has 0 aliphatic carbocycles. The molecule has 0 unspecified atom stereocenters. The molecule has 3 rings (SSSR count). The first-order valence-electron chi connectivity index (χ1n) is 10.1. The smallest absolute Gasteiger partial charge is 0.357 e. The molecule has 31 heavy (non-hydrogen) atoms. The molecule has 0 fully saturated rings. The summed E-state index contributed by atoms with van der Waals surface area (Å²) in [6.45, 7) is 1.26. The highest BCUT2D eigenvalue weighted by Crippen LogP contribution is 2.22. The molecule has 160 valence electrons. The summed E-state index contributed by atoms with van der Waals surface area (Å²) in [4.78, 5) is 30.7. The van der Waals surface area contributed by atoms with Gasteiger partial charge >= 0.3 is 11.9 Å². The second kappa shape index (κ2) is 10.9. The third-order valence-electron chi connectivity index (χ3n) is 4.93. The van der Waals surface area contributed by atoms with Gasteiger partial charge in [-0.15, -0.1) is 0 Å². The molecule has 2 aromatic carbocycles. The molecule has 6 nitrogen and oxygen atoms in total. The normalized spacial score (nSPS) is 10.4. The van der Waals surface area contributed by atoms with Crippen LogP contribution in [0.15, 0.2) is 72.8 Å². The van der Waals surface area contributed by atoms with Gasteiger partial charge in [-0.25, -0.2) is 9.78 Å². The number of aryl methyl sites for hydroxylation is 1. The third-order valence-corrected chi connectivity index (χ3v) is 4.93. The highest BCUT2D eigenvalue weighted by molar-refractivity contribution is 5.89. The quantitative estimate of drug-likeness (QED) is 0.486. The van der Waals surface area contributed by atoms with Gasteiger partial charge in [-0.2, -0.15) is 0 Å². The molecular weight excluding hydrogens is 392 g/mol. The maximum Gasteiger partial charge on any atom is 0.357 e. The van der Waals surface area contributed by atoms with Crippen LogP contribution >= 0.6 is 0 Å². The lowest BCUT2D eigenvalue weighted by atomic mass is 10.1. The molecular formula is C25H26N2O4. The van der Waals surface area contributed by atoms with Crippen molar-refractivity contribution >= 4 is 17.8 Å². The van der Waals surface area contributed by atoms with Crippen LogP contribution in [0.2, 0.25) is 0 Å². The van der Waals surface area contributed by atoms with E-state index in [0.29, 0.717) is 30.9 Å². The molecule has 6 heteroatoms. The van der Waals surface area contributed by atoms with Gasteiger partial charge in [0.15, 0.2) is 5.69 Å². The molecule has 0 bridgehead atoms. The van der Waals surface area contributed by atoms with E-state index in [2.05, 4.69) is 34.1 Å². The fourth-order valence-corrected chi connectivity index (χ4v) is 3.29. The van der Waals surface area contributed by atoms with Crippen LogP contribution in [0.4, 0.5) is 5.82 Å². The zero-order valence-corrected chi connectivity index (χ0v) is 17.8. The van der Waals surface area contributed by atoms with E-state index in [0.717, 1.165) is 11.1 Å². The van der Waals surface area contributed by atoms with Crippen LogP contribution < -0.4 is 4.90 Å². The standard InChI is InChI=1S/C25H26N2O4/c1-30-23(28)16-14-21-13-15-22(26-24(21)25(29)31-2)27(17-19-9-5-3-6-10-19)18-20-11-7-4-8-12-20/h3-13,15H,14,16-18H2,1-2H3. The first kappa shape index (κ1) is 22.0. The number of aromatic nitrogens is 1. The van der Waals surface area contributed by atoms with Crippen molar-refractivity contribution in [3.63, 3.8) is 0 Å². The van der Waals surface area contributed by atoms with Gasteiger partial charge in [-0.1, -0.05) is 66.7 Å². The lowest BCUT2D eigenvalue weighted by molar-refractivity contribution is -0.140. The van der Waals surface area contributed by atoms with Crippen LogP contribution in [0.25, 0.3) is 0 Å². The Morgan fingerprint density at radius 1 is 0.806 bits per heavy atom. The zero-order chi connectivity index (χ0) is 22.1. The molecule has 0 saturated carbocycles. The van der Waals surface area contributed by atoms with Crippen molar-refractivity contribution < 1.29 is 19.1 Å². The Balaban J connectivity index is 1.94. The fourth-order valence-electron chi connectivity index (χ4n) is 3.29. The lowest BCUT2D eigenvalue weighted by Crippen LogP contribution is -2.24. The SMILES string of the molecule is COC(=O)CCc1ccc(N(Cc2ccccc2)Cc2ccccc2)nc1C(=O)OC. The molecule has 1 aromatic heterocycles. The van der Waals surface area contributed by atoms with Crippen molar-refractivity contribution in [1.82, 2.24) is 4.98 Å². The van der Waals surface area contributed by atoms with E-state index in [-0.39, 0.29) is 18.1 Å². The van der Waals surface area contributed by atoms with Gasteiger partial charge in [0.2, 0.25) is 0 Å². The van der Waals surface area contributed by atoms with Crippen LogP contribution in [0.3, 0.4) is 0 Å². The molecule has 0 spiro atoms. The molecule has 0 aliphatic rings. The summed E-state index contributed by atoms with van der Waals surface area (Å²) in [5.41, 5.74) is 3.14. The molecule has 3 aromatic rings. The summed E-state index contributed by atoms with van der Waals surface area (Å²) in [6, 6.07) is 23.9. The van der Waals surface area contributed by atoms with E-state index in [1.54, 1.807) is 0 Å². The Morgan fingerprint density at radius 2 is 1.39 bits per heavy atom. The summed E-state index contributed by atoms with van der Waals surface area (Å²) in [6.07, 6.45) is 0.515. The molecule has 0 aliphatic heterocycles. The molecule has 1 heterocycles. The average Bonchev–Trinajstić information content (AvgIpc) is 2.82. The number of methoxy groups -OCH3 is 2. The van der Waals surface area contributed by atoms with Gasteiger partial charge in [-0.3, -0.25) is 4.79 Å². The Bertz CT molecular complexity index is 965. The number of pyridine rings is 1. The zero-order valence-electron chi connectivity index (χ0n) is 17.8. The number of hydrogen-bond donors (Lipinski definition) is 0. The first-order chi connectivity index (χ1) is 15.1. The van der Waals surface area contributed by atoms with E-state index < -0.39 is 5.97 Å². The number of carbonyl (C=O) groups is 2. The molecule has 0 N–H and O–H groups in total. The van der Waals surface area contributed by atoms with Crippen molar-refractivity contribution in [2.45, 2.75) is 25.9 Å². The third kappa shape index (κ3) is 6.15. The topological polar surface area (TPSA) is 68.7 Å². The highest BCUT2D eigenvalue weighted by Gasteiger charge is 2.19. The van der Waals surface area contributed by atoms with Gasteiger partial charge in [0.25, 0.3) is 0 Å². The summed E-state index contributed by atoms with van der Waals surface area (Å²) in [5, 5.41) is 0. The van der Waals surface area contributed by atoms with Gasteiger partial charge in [0.1, 0.15) is 5.82 Å². The number of benzene rings is 2. The number of nitrogens with zero attached hydrogens (tertiary/aromatic N) is 2. The number of rotatable bonds is 9. The molecule has 0 atom stereocenters. The van der Waals surface area contributed by atoms with E-state index in [9.17, 15) is 9.59 Å². The predicted molar refractivity (Wildman–Crippen MR) is 119 cm³/mol. The van der Waals surface area contributed by atoms with Crippen LogP contribution in [0.5, 0.6) is 0 Å². The second-order valence-electron chi connectivity index (χ2n) is 7.07. The monoisotopic (exact) mass is 418 g/mol. The van der Waals surface area contributed by atoms with E-state index >= 15 is 0 Å². The average molecular weight is 418 g/mol. The van der Waals surface area contributed by atoms with Crippen LogP contribution in [-0.2, 0) is 33.8 Å². The van der Waals surface area contributed by atoms with Crippen LogP contribution in [-0.4, -0.2) is 31.1 Å². The van der Waals surface area contributed by atoms with Crippen molar-refractivity contribution in [2.24, 2.45) is 0 Å². The number of hydrogen-bond acceptors (Lipinski definition) is 6. The van der Waals surface area contributed by atoms with Crippen molar-refractivity contribution in [3.8, 4) is 0 Å². The maximum absolute atomic E-state index is 12.4. The number of carbonyl (C=O) groups excluding carboxylic acids is 2. The van der Waals surface area contributed by atoms with Crippen molar-refractivity contribution in [1.29, 1.82) is 0 Å². The van der Waals surface area contributed by atoms with Crippen LogP contribution in [0.1, 0.15) is 33.6 Å². The number of esters is 2. The van der Waals surface area contributed by atoms with Gasteiger partial charge < -0.3 is 14.4 Å². The van der Waals surface area contributed by atoms with E-state index in [1.807, 2.05) is 48.5 Å². The first-order valence-corrected chi connectivity index (χ1v) is 10.1. The van der Waals surface area contributed by atoms with Gasteiger partial charge in [0.05, 0.1) is 14.2 Å². The molecule has 0 saturated heterocycles. The Hall–Kier alpha value is -3.67. The Morgan fingerprint density at radius 3 is 1.90 bits per heavy atom. The van der Waals surface area contributed by atoms with Gasteiger partial charge in [0, 0.05) is 19.5 Å². The predicted octanol–water partition coefficient (Wildman–Crippen LogP) is 4.18. The highest BCUT2D eigenvalue weighted by atomic mass is 16.5. The van der Waals surface area contributed by atoms with Gasteiger partial charge in [-0.05, 0) is 29.2 Å². The fraction of sp³-hybridized carbons (Fsp3) is 0.240. The van der Waals surface area contributed by atoms with Crippen molar-refractivity contribution in [3.05, 3.63) is 95.2 Å². The summed E-state index contributed by atoms with van der Waals surface area (Å²) < 4.78 is 9.65. The maximum atomic E-state index is 12.4. The molecule has 0 radical (unpaired) electrons. The minimum atomic E-state index is -0.527. The van der Waals surface area contributed by atoms with Crippen molar-refractivity contribution in [2.75, 3.05) is 19.1 Å². The summed E-state index contributed by atoms with van der Waals surface area (Å²) in [7, 11) is 2.67. The lowest BCUT2D eigenvalue weighted by Gasteiger charge is -2.25. The second-order valence-corrected chi connectivity index (χ2v) is 7.07. The minimum Gasteiger partial charge on any atom is -0.469 e. The molecule has 0 amide bonds. The van der Waals surface area contributed by atoms with Crippen LogP contribution in [0, 0.1) is 0 Å². The van der Waals surface area contributed by atoms with E-state index in [4.69, 9.17) is 9.47 Å². The van der Waals surface area contributed by atoms with E-state index in [1.165, 1.54) is 14.2 Å². The number of anilines is 1. The minimum absolute atomic E-state index is 0.166. The number of ether oxygens (including phenoxy) is 2. The Kier molecular flexibility index (Phi) is 7.76. The Labute approximate surface area is 182 Å². The summed E-state index contributed by atoms with van der Waals surface area (Å²) in [5.74, 6) is -0.203. The largest absolute Gasteiger partial charge is 0.469 e. The summed E-state index contributed by atoms with van der Waals surface area (Å²) >= 11 is 0.